The first-order valence-electron chi connectivity index (χ1n) is 12.5. The molecule has 202 valence electrons. The summed E-state index contributed by atoms with van der Waals surface area (Å²) in [6.07, 6.45) is 3.76. The van der Waals surface area contributed by atoms with Gasteiger partial charge in [0.05, 0.1) is 30.8 Å². The lowest BCUT2D eigenvalue weighted by molar-refractivity contribution is 0.251. The molecule has 0 radical (unpaired) electrons. The Hall–Kier alpha value is -3.72. The van der Waals surface area contributed by atoms with Gasteiger partial charge in [-0.3, -0.25) is 4.98 Å². The van der Waals surface area contributed by atoms with E-state index in [1.54, 1.807) is 32.2 Å². The van der Waals surface area contributed by atoms with Crippen molar-refractivity contribution in [2.75, 3.05) is 25.3 Å². The molecule has 0 saturated carbocycles. The number of pyridine rings is 1. The normalized spacial score (nSPS) is 13.4. The maximum atomic E-state index is 12.7. The van der Waals surface area contributed by atoms with Crippen molar-refractivity contribution in [1.29, 1.82) is 0 Å². The van der Waals surface area contributed by atoms with Crippen LogP contribution in [0.15, 0.2) is 53.3 Å². The molecular formula is C29H36N4O4S. The van der Waals surface area contributed by atoms with Gasteiger partial charge in [-0.1, -0.05) is 19.9 Å². The molecule has 0 fully saturated rings. The molecule has 3 aromatic rings. The molecule has 0 bridgehead atoms. The van der Waals surface area contributed by atoms with E-state index in [4.69, 9.17) is 14.2 Å². The number of anilines is 1. The molecule has 1 aliphatic heterocycles. The number of hydrogen-bond acceptors (Lipinski definition) is 7. The van der Waals surface area contributed by atoms with Crippen molar-refractivity contribution in [3.8, 4) is 23.0 Å². The third kappa shape index (κ3) is 6.77. The lowest BCUT2D eigenvalue weighted by Gasteiger charge is -2.20. The van der Waals surface area contributed by atoms with Crippen LogP contribution in [-0.2, 0) is 0 Å². The first kappa shape index (κ1) is 28.8. The smallest absolute Gasteiger partial charge is 0.319 e. The SMILES string of the molecule is CC.COc1cc2nccc(Oc3cc(C)c(NC(=O)NC(C)C4=NC(C)=CCS4)cc3C)c2cc1OC. The molecule has 0 spiro atoms. The van der Waals surface area contributed by atoms with Crippen LogP contribution >= 0.6 is 11.8 Å². The van der Waals surface area contributed by atoms with Gasteiger partial charge in [-0.2, -0.15) is 0 Å². The Balaban J connectivity index is 0.00000195. The van der Waals surface area contributed by atoms with Gasteiger partial charge in [0.2, 0.25) is 0 Å². The number of rotatable bonds is 7. The van der Waals surface area contributed by atoms with Gasteiger partial charge < -0.3 is 24.8 Å². The number of aryl methyl sites for hydroxylation is 2. The second-order valence-electron chi connectivity index (χ2n) is 8.49. The van der Waals surface area contributed by atoms with Crippen LogP contribution in [0, 0.1) is 13.8 Å². The quantitative estimate of drug-likeness (QED) is 0.330. The molecular weight excluding hydrogens is 500 g/mol. The number of fused-ring (bicyclic) bond motifs is 1. The minimum Gasteiger partial charge on any atom is -0.493 e. The fraction of sp³-hybridized carbons (Fsp3) is 0.345. The summed E-state index contributed by atoms with van der Waals surface area (Å²) >= 11 is 1.63. The van der Waals surface area contributed by atoms with Gasteiger partial charge in [-0.05, 0) is 63.1 Å². The van der Waals surface area contributed by atoms with E-state index < -0.39 is 0 Å². The predicted molar refractivity (Wildman–Crippen MR) is 157 cm³/mol. The number of nitrogens with zero attached hydrogens (tertiary/aromatic N) is 2. The van der Waals surface area contributed by atoms with E-state index in [2.05, 4.69) is 26.7 Å². The van der Waals surface area contributed by atoms with Gasteiger partial charge in [0.25, 0.3) is 0 Å². The lowest BCUT2D eigenvalue weighted by Crippen LogP contribution is -2.40. The van der Waals surface area contributed by atoms with E-state index in [-0.39, 0.29) is 12.1 Å². The highest BCUT2D eigenvalue weighted by molar-refractivity contribution is 8.14. The number of aromatic nitrogens is 1. The Kier molecular flexibility index (Phi) is 10.0. The van der Waals surface area contributed by atoms with Crippen LogP contribution in [0.1, 0.15) is 38.8 Å². The van der Waals surface area contributed by atoms with Crippen molar-refractivity contribution in [1.82, 2.24) is 10.3 Å². The second-order valence-corrected chi connectivity index (χ2v) is 9.54. The minimum atomic E-state index is -0.282. The van der Waals surface area contributed by atoms with Crippen molar-refractivity contribution >= 4 is 39.4 Å². The Bertz CT molecular complexity index is 1370. The zero-order valence-corrected chi connectivity index (χ0v) is 24.1. The highest BCUT2D eigenvalue weighted by Gasteiger charge is 2.18. The maximum Gasteiger partial charge on any atom is 0.319 e. The fourth-order valence-electron chi connectivity index (χ4n) is 3.83. The van der Waals surface area contributed by atoms with Gasteiger partial charge in [0.1, 0.15) is 11.5 Å². The highest BCUT2D eigenvalue weighted by Crippen LogP contribution is 2.38. The molecule has 38 heavy (non-hydrogen) atoms. The summed E-state index contributed by atoms with van der Waals surface area (Å²) in [5, 5.41) is 7.63. The summed E-state index contributed by atoms with van der Waals surface area (Å²) in [5.41, 5.74) is 4.17. The molecule has 0 aliphatic carbocycles. The lowest BCUT2D eigenvalue weighted by atomic mass is 10.1. The zero-order chi connectivity index (χ0) is 27.8. The second kappa shape index (κ2) is 13.2. The number of nitrogens with one attached hydrogen (secondary N) is 2. The van der Waals surface area contributed by atoms with E-state index in [9.17, 15) is 4.79 Å². The van der Waals surface area contributed by atoms with Gasteiger partial charge in [0.15, 0.2) is 11.5 Å². The molecule has 1 unspecified atom stereocenters. The Morgan fingerprint density at radius 2 is 1.68 bits per heavy atom. The Morgan fingerprint density at radius 1 is 0.974 bits per heavy atom. The third-order valence-corrected chi connectivity index (χ3v) is 6.89. The Morgan fingerprint density at radius 3 is 2.37 bits per heavy atom. The van der Waals surface area contributed by atoms with Crippen LogP contribution in [0.2, 0.25) is 0 Å². The number of ether oxygens (including phenoxy) is 3. The molecule has 1 aliphatic rings. The summed E-state index contributed by atoms with van der Waals surface area (Å²) in [6.45, 7) is 11.8. The number of benzene rings is 2. The maximum absolute atomic E-state index is 12.7. The summed E-state index contributed by atoms with van der Waals surface area (Å²) in [7, 11) is 3.18. The standard InChI is InChI=1S/C27H30N4O4S.C2H6/c1-15-12-23(35-22-7-9-28-21-14-25(34-6)24(33-5)13-19(21)22)16(2)11-20(15)31-27(32)30-18(4)26-29-17(3)8-10-36-26;1-2/h7-9,11-14,18H,10H2,1-6H3,(H2,30,31,32);1-2H3. The topological polar surface area (TPSA) is 94.1 Å². The first-order chi connectivity index (χ1) is 18.3. The number of aliphatic imine (C=N–C) groups is 1. The van der Waals surface area contributed by atoms with Gasteiger partial charge in [-0.25, -0.2) is 9.79 Å². The van der Waals surface area contributed by atoms with E-state index in [0.717, 1.165) is 38.5 Å². The summed E-state index contributed by atoms with van der Waals surface area (Å²) in [6, 6.07) is 8.84. The van der Waals surface area contributed by atoms with Gasteiger partial charge in [-0.15, -0.1) is 11.8 Å². The average molecular weight is 537 g/mol. The molecule has 2 amide bonds. The number of urea groups is 1. The van der Waals surface area contributed by atoms with Crippen LogP contribution in [0.4, 0.5) is 10.5 Å². The minimum absolute atomic E-state index is 0.182. The number of carbonyl (C=O) groups is 1. The van der Waals surface area contributed by atoms with Crippen LogP contribution < -0.4 is 24.8 Å². The molecule has 2 heterocycles. The van der Waals surface area contributed by atoms with Crippen molar-refractivity contribution < 1.29 is 19.0 Å². The Labute approximate surface area is 228 Å². The monoisotopic (exact) mass is 536 g/mol. The van der Waals surface area contributed by atoms with Crippen LogP contribution in [0.3, 0.4) is 0 Å². The highest BCUT2D eigenvalue weighted by atomic mass is 32.2. The molecule has 4 rings (SSSR count). The number of methoxy groups -OCH3 is 2. The molecule has 2 aromatic carbocycles. The molecule has 1 aromatic heterocycles. The van der Waals surface area contributed by atoms with Crippen molar-refractivity contribution in [2.45, 2.75) is 47.6 Å². The number of allylic oxidation sites excluding steroid dienone is 1. The largest absolute Gasteiger partial charge is 0.493 e. The van der Waals surface area contributed by atoms with Crippen LogP contribution in [0.25, 0.3) is 10.9 Å². The number of amides is 2. The molecule has 1 atom stereocenters. The van der Waals surface area contributed by atoms with Crippen molar-refractivity contribution in [2.24, 2.45) is 4.99 Å². The van der Waals surface area contributed by atoms with Crippen molar-refractivity contribution in [3.63, 3.8) is 0 Å². The predicted octanol–water partition coefficient (Wildman–Crippen LogP) is 7.25. The number of hydrogen-bond donors (Lipinski definition) is 2. The van der Waals surface area contributed by atoms with Crippen molar-refractivity contribution in [3.05, 3.63) is 59.4 Å². The zero-order valence-electron chi connectivity index (χ0n) is 23.3. The molecule has 8 nitrogen and oxygen atoms in total. The summed E-state index contributed by atoms with van der Waals surface area (Å²) < 4.78 is 17.1. The average Bonchev–Trinajstić information content (AvgIpc) is 2.91. The summed E-state index contributed by atoms with van der Waals surface area (Å²) in [5.74, 6) is 3.39. The first-order valence-corrected chi connectivity index (χ1v) is 13.5. The van der Waals surface area contributed by atoms with E-state index >= 15 is 0 Å². The van der Waals surface area contributed by atoms with Gasteiger partial charge >= 0.3 is 6.03 Å². The van der Waals surface area contributed by atoms with E-state index in [1.165, 1.54) is 0 Å². The molecule has 0 saturated heterocycles. The van der Waals surface area contributed by atoms with Crippen LogP contribution in [0.5, 0.6) is 23.0 Å². The third-order valence-electron chi connectivity index (χ3n) is 5.81. The fourth-order valence-corrected chi connectivity index (χ4v) is 4.84. The molecule has 9 heteroatoms. The van der Waals surface area contributed by atoms with E-state index in [1.807, 2.05) is 71.9 Å². The number of carbonyl (C=O) groups excluding carboxylic acids is 1. The summed E-state index contributed by atoms with van der Waals surface area (Å²) in [4.78, 5) is 21.6. The van der Waals surface area contributed by atoms with E-state index in [0.29, 0.717) is 28.7 Å². The van der Waals surface area contributed by atoms with Gasteiger partial charge in [0, 0.05) is 34.8 Å². The molecule has 2 N–H and O–H groups in total. The number of thioether (sulfide) groups is 1. The van der Waals surface area contributed by atoms with Crippen LogP contribution in [-0.4, -0.2) is 42.1 Å².